The molecule has 0 bridgehead atoms. The standard InChI is InChI=1S/C8H15NO2/c1-6(2)8-3-7(4-11-8)9-5-10/h5-8H,3-4H2,1-2H3,(H,9,10). The van der Waals surface area contributed by atoms with E-state index in [2.05, 4.69) is 19.2 Å². The van der Waals surface area contributed by atoms with Gasteiger partial charge in [0.15, 0.2) is 0 Å². The third kappa shape index (κ3) is 2.19. The summed E-state index contributed by atoms with van der Waals surface area (Å²) in [4.78, 5) is 10.1. The third-order valence-electron chi connectivity index (χ3n) is 2.08. The zero-order chi connectivity index (χ0) is 8.27. The molecule has 1 rings (SSSR count). The fourth-order valence-corrected chi connectivity index (χ4v) is 1.33. The van der Waals surface area contributed by atoms with E-state index < -0.39 is 0 Å². The van der Waals surface area contributed by atoms with Crippen LogP contribution in [0.25, 0.3) is 0 Å². The zero-order valence-corrected chi connectivity index (χ0v) is 7.04. The van der Waals surface area contributed by atoms with Gasteiger partial charge in [0.1, 0.15) is 0 Å². The van der Waals surface area contributed by atoms with Gasteiger partial charge in [0.25, 0.3) is 0 Å². The summed E-state index contributed by atoms with van der Waals surface area (Å²) < 4.78 is 5.46. The smallest absolute Gasteiger partial charge is 0.207 e. The topological polar surface area (TPSA) is 38.3 Å². The molecule has 1 amide bonds. The van der Waals surface area contributed by atoms with Gasteiger partial charge in [-0.25, -0.2) is 0 Å². The Morgan fingerprint density at radius 3 is 2.82 bits per heavy atom. The van der Waals surface area contributed by atoms with E-state index in [0.717, 1.165) is 12.8 Å². The Labute approximate surface area is 67.1 Å². The van der Waals surface area contributed by atoms with Crippen LogP contribution in [0.1, 0.15) is 20.3 Å². The summed E-state index contributed by atoms with van der Waals surface area (Å²) in [6, 6.07) is 0.236. The summed E-state index contributed by atoms with van der Waals surface area (Å²) in [5.41, 5.74) is 0. The minimum absolute atomic E-state index is 0.236. The summed E-state index contributed by atoms with van der Waals surface area (Å²) >= 11 is 0. The lowest BCUT2D eigenvalue weighted by atomic mass is 10.0. The molecule has 0 radical (unpaired) electrons. The molecule has 0 aliphatic carbocycles. The number of carbonyl (C=O) groups excluding carboxylic acids is 1. The predicted octanol–water partition coefficient (Wildman–Crippen LogP) is 0.546. The lowest BCUT2D eigenvalue weighted by Gasteiger charge is -2.12. The van der Waals surface area contributed by atoms with Crippen molar-refractivity contribution in [2.75, 3.05) is 6.61 Å². The first-order valence-electron chi connectivity index (χ1n) is 4.05. The second-order valence-corrected chi connectivity index (χ2v) is 3.33. The first-order chi connectivity index (χ1) is 5.24. The molecule has 1 N–H and O–H groups in total. The molecule has 1 saturated heterocycles. The summed E-state index contributed by atoms with van der Waals surface area (Å²) in [5, 5.41) is 2.72. The molecule has 1 heterocycles. The van der Waals surface area contributed by atoms with Gasteiger partial charge < -0.3 is 10.1 Å². The van der Waals surface area contributed by atoms with E-state index in [4.69, 9.17) is 4.74 Å². The maximum Gasteiger partial charge on any atom is 0.207 e. The number of ether oxygens (including phenoxy) is 1. The van der Waals surface area contributed by atoms with E-state index in [0.29, 0.717) is 18.6 Å². The second-order valence-electron chi connectivity index (χ2n) is 3.33. The minimum atomic E-state index is 0.236. The van der Waals surface area contributed by atoms with Crippen LogP contribution in [0.2, 0.25) is 0 Å². The summed E-state index contributed by atoms with van der Waals surface area (Å²) in [6.07, 6.45) is 2.03. The highest BCUT2D eigenvalue weighted by Crippen LogP contribution is 2.19. The molecular formula is C8H15NO2. The van der Waals surface area contributed by atoms with E-state index in [1.54, 1.807) is 0 Å². The van der Waals surface area contributed by atoms with Crippen molar-refractivity contribution in [3.8, 4) is 0 Å². The van der Waals surface area contributed by atoms with Crippen molar-refractivity contribution in [1.82, 2.24) is 5.32 Å². The summed E-state index contributed by atoms with van der Waals surface area (Å²) in [7, 11) is 0. The predicted molar refractivity (Wildman–Crippen MR) is 42.2 cm³/mol. The van der Waals surface area contributed by atoms with E-state index in [9.17, 15) is 4.79 Å². The van der Waals surface area contributed by atoms with Crippen LogP contribution in [0.3, 0.4) is 0 Å². The van der Waals surface area contributed by atoms with Crippen molar-refractivity contribution in [1.29, 1.82) is 0 Å². The Morgan fingerprint density at radius 1 is 1.64 bits per heavy atom. The number of hydrogen-bond donors (Lipinski definition) is 1. The van der Waals surface area contributed by atoms with Crippen molar-refractivity contribution in [2.24, 2.45) is 5.92 Å². The summed E-state index contributed by atoms with van der Waals surface area (Å²) in [5.74, 6) is 0.549. The molecular weight excluding hydrogens is 142 g/mol. The monoisotopic (exact) mass is 157 g/mol. The molecule has 1 fully saturated rings. The van der Waals surface area contributed by atoms with Gasteiger partial charge >= 0.3 is 0 Å². The van der Waals surface area contributed by atoms with Crippen molar-refractivity contribution in [3.05, 3.63) is 0 Å². The van der Waals surface area contributed by atoms with Crippen LogP contribution >= 0.6 is 0 Å². The van der Waals surface area contributed by atoms with Crippen LogP contribution in [0.4, 0.5) is 0 Å². The largest absolute Gasteiger partial charge is 0.376 e. The van der Waals surface area contributed by atoms with Crippen LogP contribution in [-0.4, -0.2) is 25.2 Å². The SMILES string of the molecule is CC(C)C1CC(NC=O)CO1. The second kappa shape index (κ2) is 3.72. The quantitative estimate of drug-likeness (QED) is 0.607. The Bertz CT molecular complexity index is 136. The molecule has 0 aromatic carbocycles. The first kappa shape index (κ1) is 8.53. The van der Waals surface area contributed by atoms with Gasteiger partial charge in [-0.1, -0.05) is 13.8 Å². The van der Waals surface area contributed by atoms with Crippen LogP contribution in [0, 0.1) is 5.92 Å². The van der Waals surface area contributed by atoms with Crippen LogP contribution in [-0.2, 0) is 9.53 Å². The average molecular weight is 157 g/mol. The molecule has 0 spiro atoms. The number of carbonyl (C=O) groups is 1. The minimum Gasteiger partial charge on any atom is -0.376 e. The van der Waals surface area contributed by atoms with Gasteiger partial charge in [0.05, 0.1) is 18.8 Å². The zero-order valence-electron chi connectivity index (χ0n) is 7.04. The molecule has 2 atom stereocenters. The summed E-state index contributed by atoms with van der Waals surface area (Å²) in [6.45, 7) is 4.93. The van der Waals surface area contributed by atoms with E-state index in [-0.39, 0.29) is 6.04 Å². The number of hydrogen-bond acceptors (Lipinski definition) is 2. The Kier molecular flexibility index (Phi) is 2.88. The van der Waals surface area contributed by atoms with Gasteiger partial charge in [0.2, 0.25) is 6.41 Å². The van der Waals surface area contributed by atoms with E-state index >= 15 is 0 Å². The van der Waals surface area contributed by atoms with Crippen molar-refractivity contribution in [2.45, 2.75) is 32.4 Å². The maximum absolute atomic E-state index is 10.1. The Morgan fingerprint density at radius 2 is 2.36 bits per heavy atom. The lowest BCUT2D eigenvalue weighted by molar-refractivity contribution is -0.110. The van der Waals surface area contributed by atoms with Crippen LogP contribution in [0.5, 0.6) is 0 Å². The molecule has 64 valence electrons. The Hall–Kier alpha value is -0.570. The molecule has 0 aromatic heterocycles. The van der Waals surface area contributed by atoms with Crippen molar-refractivity contribution >= 4 is 6.41 Å². The highest BCUT2D eigenvalue weighted by Gasteiger charge is 2.26. The molecule has 2 unspecified atom stereocenters. The fraction of sp³-hybridized carbons (Fsp3) is 0.875. The van der Waals surface area contributed by atoms with Gasteiger partial charge in [-0.3, -0.25) is 4.79 Å². The highest BCUT2D eigenvalue weighted by molar-refractivity contribution is 5.46. The molecule has 1 aliphatic rings. The fourth-order valence-electron chi connectivity index (χ4n) is 1.33. The normalized spacial score (nSPS) is 30.8. The maximum atomic E-state index is 10.1. The number of rotatable bonds is 3. The number of amides is 1. The molecule has 3 nitrogen and oxygen atoms in total. The van der Waals surface area contributed by atoms with Gasteiger partial charge in [-0.15, -0.1) is 0 Å². The Balaban J connectivity index is 2.28. The van der Waals surface area contributed by atoms with E-state index in [1.807, 2.05) is 0 Å². The third-order valence-corrected chi connectivity index (χ3v) is 2.08. The van der Waals surface area contributed by atoms with Gasteiger partial charge in [-0.2, -0.15) is 0 Å². The van der Waals surface area contributed by atoms with Crippen LogP contribution < -0.4 is 5.32 Å². The van der Waals surface area contributed by atoms with Crippen molar-refractivity contribution < 1.29 is 9.53 Å². The average Bonchev–Trinajstić information content (AvgIpc) is 2.37. The first-order valence-corrected chi connectivity index (χ1v) is 4.05. The molecule has 0 aromatic rings. The lowest BCUT2D eigenvalue weighted by Crippen LogP contribution is -2.28. The van der Waals surface area contributed by atoms with Gasteiger partial charge in [0, 0.05) is 0 Å². The van der Waals surface area contributed by atoms with Crippen molar-refractivity contribution in [3.63, 3.8) is 0 Å². The van der Waals surface area contributed by atoms with E-state index in [1.165, 1.54) is 0 Å². The molecule has 3 heteroatoms. The van der Waals surface area contributed by atoms with Crippen LogP contribution in [0.15, 0.2) is 0 Å². The number of nitrogens with one attached hydrogen (secondary N) is 1. The highest BCUT2D eigenvalue weighted by atomic mass is 16.5. The molecule has 1 aliphatic heterocycles. The molecule has 11 heavy (non-hydrogen) atoms. The van der Waals surface area contributed by atoms with Gasteiger partial charge in [-0.05, 0) is 12.3 Å². The molecule has 0 saturated carbocycles.